The van der Waals surface area contributed by atoms with Crippen molar-refractivity contribution in [1.29, 1.82) is 0 Å². The number of thioether (sulfide) groups is 1. The number of fused-ring (bicyclic) bond motifs is 3. The molecule has 11 heteroatoms. The highest BCUT2D eigenvalue weighted by Gasteiger charge is 2.40. The minimum absolute atomic E-state index is 0.0269. The average Bonchev–Trinajstić information content (AvgIpc) is 3.63. The number of ether oxygens (including phenoxy) is 1. The topological polar surface area (TPSA) is 154 Å². The molecule has 0 saturated carbocycles. The summed E-state index contributed by atoms with van der Waals surface area (Å²) in [6, 6.07) is 51.8. The molecule has 0 saturated heterocycles. The van der Waals surface area contributed by atoms with Crippen LogP contribution in [0.15, 0.2) is 170 Å². The zero-order chi connectivity index (χ0) is 45.1. The van der Waals surface area contributed by atoms with Gasteiger partial charge < -0.3 is 30.9 Å². The van der Waals surface area contributed by atoms with Gasteiger partial charge in [0, 0.05) is 18.1 Å². The van der Waals surface area contributed by atoms with Crippen LogP contribution in [0.3, 0.4) is 0 Å². The van der Waals surface area contributed by atoms with Crippen molar-refractivity contribution >= 4 is 35.6 Å². The number of aliphatic hydroxyl groups is 1. The molecule has 64 heavy (non-hydrogen) atoms. The van der Waals surface area contributed by atoms with Crippen LogP contribution in [0.5, 0.6) is 0 Å². The second kappa shape index (κ2) is 21.1. The molecule has 0 aliphatic heterocycles. The predicted octanol–water partition coefficient (Wildman–Crippen LogP) is 8.32. The van der Waals surface area contributed by atoms with E-state index in [-0.39, 0.29) is 30.6 Å². The van der Waals surface area contributed by atoms with Crippen molar-refractivity contribution < 1.29 is 34.1 Å². The Bertz CT molecular complexity index is 2360. The molecule has 10 nitrogen and oxygen atoms in total. The minimum Gasteiger partial charge on any atom is -0.481 e. The van der Waals surface area contributed by atoms with E-state index in [1.807, 2.05) is 158 Å². The lowest BCUT2D eigenvalue weighted by Crippen LogP contribution is -2.58. The van der Waals surface area contributed by atoms with Crippen molar-refractivity contribution in [2.24, 2.45) is 5.92 Å². The molecule has 0 spiro atoms. The van der Waals surface area contributed by atoms with Gasteiger partial charge in [0.15, 0.2) is 0 Å². The van der Waals surface area contributed by atoms with Crippen LogP contribution in [0.4, 0.5) is 4.79 Å². The van der Waals surface area contributed by atoms with Crippen LogP contribution >= 0.6 is 11.8 Å². The minimum atomic E-state index is -1.40. The number of hydrogen-bond acceptors (Lipinski definition) is 7. The third-order valence-electron chi connectivity index (χ3n) is 11.7. The number of rotatable bonds is 19. The lowest BCUT2D eigenvalue weighted by Gasteiger charge is -2.37. The molecule has 1 aliphatic carbocycles. The molecular formula is C53H53N3O7S. The third kappa shape index (κ3) is 10.6. The van der Waals surface area contributed by atoms with Crippen molar-refractivity contribution in [3.8, 4) is 11.1 Å². The van der Waals surface area contributed by atoms with E-state index in [4.69, 9.17) is 4.74 Å². The second-order valence-electron chi connectivity index (χ2n) is 16.3. The van der Waals surface area contributed by atoms with Gasteiger partial charge in [-0.15, -0.1) is 11.8 Å². The number of alkyl carbamates (subject to hydrolysis) is 1. The first kappa shape index (κ1) is 45.3. The van der Waals surface area contributed by atoms with Crippen molar-refractivity contribution in [2.45, 2.75) is 61.6 Å². The number of carbonyl (C=O) groups is 4. The molecule has 0 fully saturated rings. The van der Waals surface area contributed by atoms with Gasteiger partial charge in [-0.3, -0.25) is 14.4 Å². The number of amides is 3. The van der Waals surface area contributed by atoms with Gasteiger partial charge in [-0.2, -0.15) is 0 Å². The Kier molecular flexibility index (Phi) is 15.0. The first-order valence-corrected chi connectivity index (χ1v) is 22.5. The summed E-state index contributed by atoms with van der Waals surface area (Å²) in [4.78, 5) is 54.8. The van der Waals surface area contributed by atoms with Crippen molar-refractivity contribution in [3.63, 3.8) is 0 Å². The van der Waals surface area contributed by atoms with E-state index in [0.29, 0.717) is 0 Å². The lowest BCUT2D eigenvalue weighted by molar-refractivity contribution is -0.140. The van der Waals surface area contributed by atoms with Gasteiger partial charge in [0.1, 0.15) is 18.7 Å². The highest BCUT2D eigenvalue weighted by atomic mass is 32.2. The summed E-state index contributed by atoms with van der Waals surface area (Å²) >= 11 is 1.46. The molecule has 4 atom stereocenters. The van der Waals surface area contributed by atoms with E-state index >= 15 is 0 Å². The molecule has 6 aromatic carbocycles. The Morgan fingerprint density at radius 2 is 1.06 bits per heavy atom. The van der Waals surface area contributed by atoms with Crippen molar-refractivity contribution in [1.82, 2.24) is 16.0 Å². The Morgan fingerprint density at radius 3 is 1.55 bits per heavy atom. The highest BCUT2D eigenvalue weighted by Crippen LogP contribution is 2.49. The first-order valence-electron chi connectivity index (χ1n) is 21.5. The summed E-state index contributed by atoms with van der Waals surface area (Å²) in [5.74, 6) is -3.00. The van der Waals surface area contributed by atoms with Crippen molar-refractivity contribution in [3.05, 3.63) is 203 Å². The molecule has 6 aromatic rings. The fraction of sp³-hybridized carbons (Fsp3) is 0.245. The molecule has 3 amide bonds. The first-order chi connectivity index (χ1) is 31.0. The summed E-state index contributed by atoms with van der Waals surface area (Å²) in [6.45, 7) is 3.59. The second-order valence-corrected chi connectivity index (χ2v) is 17.5. The van der Waals surface area contributed by atoms with Gasteiger partial charge in [-0.25, -0.2) is 4.79 Å². The zero-order valence-electron chi connectivity index (χ0n) is 35.8. The maximum Gasteiger partial charge on any atom is 0.407 e. The monoisotopic (exact) mass is 875 g/mol. The summed E-state index contributed by atoms with van der Waals surface area (Å²) < 4.78 is 5.03. The van der Waals surface area contributed by atoms with Crippen molar-refractivity contribution in [2.75, 3.05) is 12.4 Å². The molecule has 0 radical (unpaired) electrons. The number of aliphatic hydroxyl groups excluding tert-OH is 1. The smallest absolute Gasteiger partial charge is 0.407 e. The Hall–Kier alpha value is -6.69. The highest BCUT2D eigenvalue weighted by molar-refractivity contribution is 8.00. The van der Waals surface area contributed by atoms with Gasteiger partial charge in [0.05, 0.1) is 23.3 Å². The fourth-order valence-corrected chi connectivity index (χ4v) is 10.1. The molecule has 1 unspecified atom stereocenters. The lowest BCUT2D eigenvalue weighted by atomic mass is 9.84. The third-order valence-corrected chi connectivity index (χ3v) is 13.3. The fourth-order valence-electron chi connectivity index (χ4n) is 8.55. The number of nitrogens with one attached hydrogen (secondary N) is 3. The standard InChI is InChI=1S/C53H53N3O7S/c1-35(2)49(47(57)32-48(58)59)56-51(61)46(34-64-53(37-21-9-4-10-22-37,38-23-11-5-12-24-38)39-25-13-6-14-26-39)54-50(60)45(31-36-19-7-3-8-20-36)55-52(62)63-33-44-42-29-17-15-27-40(42)41-28-16-18-30-43(41)44/h3-30,35,44-47,49,57H,31-34H2,1-2H3,(H,54,60)(H,55,62)(H,56,61)(H,58,59)/t45-,46?,47+,49-/m1/s1. The van der Waals surface area contributed by atoms with Gasteiger partial charge in [-0.1, -0.05) is 184 Å². The summed E-state index contributed by atoms with van der Waals surface area (Å²) in [5.41, 5.74) is 7.86. The molecule has 0 aromatic heterocycles. The summed E-state index contributed by atoms with van der Waals surface area (Å²) in [6.07, 6.45) is -2.69. The quantitative estimate of drug-likeness (QED) is 0.0510. The van der Waals surface area contributed by atoms with Gasteiger partial charge in [0.25, 0.3) is 0 Å². The van der Waals surface area contributed by atoms with Crippen LogP contribution in [0.25, 0.3) is 11.1 Å². The zero-order valence-corrected chi connectivity index (χ0v) is 36.6. The van der Waals surface area contributed by atoms with E-state index in [9.17, 15) is 29.4 Å². The summed E-state index contributed by atoms with van der Waals surface area (Å²) in [7, 11) is 0. The Morgan fingerprint density at radius 1 is 0.609 bits per heavy atom. The number of carbonyl (C=O) groups excluding carboxylic acids is 3. The van der Waals surface area contributed by atoms with Crippen LogP contribution in [-0.2, 0) is 30.3 Å². The molecule has 7 rings (SSSR count). The predicted molar refractivity (Wildman–Crippen MR) is 251 cm³/mol. The maximum absolute atomic E-state index is 14.7. The Balaban J connectivity index is 1.20. The van der Waals surface area contributed by atoms with E-state index in [0.717, 1.165) is 44.5 Å². The number of carboxylic acid groups (broad SMARTS) is 1. The molecule has 0 heterocycles. The van der Waals surface area contributed by atoms with E-state index < -0.39 is 59.3 Å². The number of aliphatic carboxylic acids is 1. The molecule has 5 N–H and O–H groups in total. The normalized spacial score (nSPS) is 14.0. The molecular weight excluding hydrogens is 823 g/mol. The molecule has 328 valence electrons. The Labute approximate surface area is 378 Å². The van der Waals surface area contributed by atoms with Crippen LogP contribution in [-0.4, -0.2) is 70.7 Å². The number of benzene rings is 6. The largest absolute Gasteiger partial charge is 0.481 e. The number of carboxylic acids is 1. The van der Waals surface area contributed by atoms with Crippen LogP contribution in [0.2, 0.25) is 0 Å². The van der Waals surface area contributed by atoms with Gasteiger partial charge in [-0.05, 0) is 50.4 Å². The van der Waals surface area contributed by atoms with Gasteiger partial charge in [0.2, 0.25) is 11.8 Å². The SMILES string of the molecule is CC(C)[C@@H](NC(=O)C(CSC(c1ccccc1)(c1ccccc1)c1ccccc1)NC(=O)[C@@H](Cc1ccccc1)NC(=O)OCC1c2ccccc2-c2ccccc21)[C@@H](O)CC(=O)O. The van der Waals surface area contributed by atoms with E-state index in [1.165, 1.54) is 11.8 Å². The van der Waals surface area contributed by atoms with E-state index in [2.05, 4.69) is 28.1 Å². The van der Waals surface area contributed by atoms with Crippen LogP contribution in [0.1, 0.15) is 59.6 Å². The number of hydrogen-bond donors (Lipinski definition) is 5. The van der Waals surface area contributed by atoms with Crippen LogP contribution < -0.4 is 16.0 Å². The summed E-state index contributed by atoms with van der Waals surface area (Å²) in [5, 5.41) is 29.2. The maximum atomic E-state index is 14.7. The van der Waals surface area contributed by atoms with Gasteiger partial charge >= 0.3 is 12.1 Å². The molecule has 1 aliphatic rings. The molecule has 0 bridgehead atoms. The van der Waals surface area contributed by atoms with Crippen LogP contribution in [0, 0.1) is 5.92 Å². The average molecular weight is 876 g/mol. The van der Waals surface area contributed by atoms with E-state index in [1.54, 1.807) is 13.8 Å².